The molecule has 0 aliphatic carbocycles. The molecule has 0 saturated carbocycles. The molecule has 5 rings (SSSR count). The molecular weight excluding hydrogens is 426 g/mol. The van der Waals surface area contributed by atoms with E-state index in [0.29, 0.717) is 12.3 Å². The SMILES string of the molecule is Cc1ccc(-c2nn(-c3ccccc3)cc2CN(C)C(=O)c2nc3nccc(C)n3n2)cc1C. The van der Waals surface area contributed by atoms with Crippen LogP contribution in [-0.2, 0) is 6.54 Å². The van der Waals surface area contributed by atoms with Crippen LogP contribution < -0.4 is 0 Å². The van der Waals surface area contributed by atoms with Crippen molar-refractivity contribution in [1.29, 1.82) is 0 Å². The van der Waals surface area contributed by atoms with E-state index < -0.39 is 0 Å². The number of aromatic nitrogens is 6. The Kier molecular flexibility index (Phi) is 5.41. The highest BCUT2D eigenvalue weighted by atomic mass is 16.2. The van der Waals surface area contributed by atoms with Gasteiger partial charge < -0.3 is 4.90 Å². The highest BCUT2D eigenvalue weighted by Crippen LogP contribution is 2.27. The first-order chi connectivity index (χ1) is 16.4. The number of para-hydroxylation sites is 1. The van der Waals surface area contributed by atoms with Crippen molar-refractivity contribution in [2.75, 3.05) is 7.05 Å². The monoisotopic (exact) mass is 451 g/mol. The molecule has 0 bridgehead atoms. The summed E-state index contributed by atoms with van der Waals surface area (Å²) in [4.78, 5) is 23.3. The number of aryl methyl sites for hydroxylation is 3. The maximum absolute atomic E-state index is 13.2. The number of carbonyl (C=O) groups excluding carboxylic acids is 1. The Hall–Kier alpha value is -4.33. The van der Waals surface area contributed by atoms with Gasteiger partial charge in [-0.25, -0.2) is 14.2 Å². The predicted molar refractivity (Wildman–Crippen MR) is 130 cm³/mol. The lowest BCUT2D eigenvalue weighted by Gasteiger charge is -2.15. The van der Waals surface area contributed by atoms with E-state index in [1.165, 1.54) is 11.1 Å². The molecule has 0 fully saturated rings. The van der Waals surface area contributed by atoms with Gasteiger partial charge in [0, 0.05) is 42.8 Å². The number of nitrogens with zero attached hydrogens (tertiary/aromatic N) is 7. The van der Waals surface area contributed by atoms with Gasteiger partial charge in [0.05, 0.1) is 11.4 Å². The molecule has 3 aromatic heterocycles. The molecule has 0 unspecified atom stereocenters. The van der Waals surface area contributed by atoms with E-state index in [2.05, 4.69) is 47.1 Å². The summed E-state index contributed by atoms with van der Waals surface area (Å²) in [6, 6.07) is 18.1. The normalized spacial score (nSPS) is 11.2. The van der Waals surface area contributed by atoms with Gasteiger partial charge in [-0.1, -0.05) is 30.3 Å². The van der Waals surface area contributed by atoms with Gasteiger partial charge in [-0.05, 0) is 56.2 Å². The maximum atomic E-state index is 13.2. The van der Waals surface area contributed by atoms with E-state index in [-0.39, 0.29) is 11.7 Å². The summed E-state index contributed by atoms with van der Waals surface area (Å²) in [5.74, 6) is 0.250. The zero-order chi connectivity index (χ0) is 23.8. The Balaban J connectivity index is 1.51. The smallest absolute Gasteiger partial charge is 0.293 e. The molecule has 0 N–H and O–H groups in total. The quantitative estimate of drug-likeness (QED) is 0.401. The Morgan fingerprint density at radius 3 is 2.50 bits per heavy atom. The van der Waals surface area contributed by atoms with Crippen molar-refractivity contribution in [3.05, 3.63) is 95.2 Å². The molecule has 0 aliphatic rings. The van der Waals surface area contributed by atoms with E-state index in [1.54, 1.807) is 22.7 Å². The first-order valence-corrected chi connectivity index (χ1v) is 11.1. The molecule has 170 valence electrons. The van der Waals surface area contributed by atoms with Crippen LogP contribution in [0.15, 0.2) is 67.0 Å². The van der Waals surface area contributed by atoms with Gasteiger partial charge in [-0.3, -0.25) is 4.79 Å². The van der Waals surface area contributed by atoms with Crippen molar-refractivity contribution < 1.29 is 4.79 Å². The van der Waals surface area contributed by atoms with Gasteiger partial charge in [0.1, 0.15) is 0 Å². The molecule has 0 spiro atoms. The summed E-state index contributed by atoms with van der Waals surface area (Å²) >= 11 is 0. The van der Waals surface area contributed by atoms with Crippen LogP contribution in [0, 0.1) is 20.8 Å². The van der Waals surface area contributed by atoms with Crippen LogP contribution in [0.1, 0.15) is 33.0 Å². The van der Waals surface area contributed by atoms with E-state index in [1.807, 2.05) is 54.2 Å². The molecule has 8 nitrogen and oxygen atoms in total. The average molecular weight is 452 g/mol. The average Bonchev–Trinajstić information content (AvgIpc) is 3.46. The molecule has 8 heteroatoms. The van der Waals surface area contributed by atoms with Gasteiger partial charge in [0.15, 0.2) is 0 Å². The molecule has 1 amide bonds. The minimum absolute atomic E-state index is 0.118. The maximum Gasteiger partial charge on any atom is 0.293 e. The summed E-state index contributed by atoms with van der Waals surface area (Å²) < 4.78 is 3.43. The van der Waals surface area contributed by atoms with Crippen LogP contribution in [0.5, 0.6) is 0 Å². The minimum Gasteiger partial charge on any atom is -0.334 e. The van der Waals surface area contributed by atoms with Gasteiger partial charge >= 0.3 is 0 Å². The van der Waals surface area contributed by atoms with Crippen LogP contribution in [0.2, 0.25) is 0 Å². The van der Waals surface area contributed by atoms with E-state index in [9.17, 15) is 4.79 Å². The Labute approximate surface area is 197 Å². The fourth-order valence-electron chi connectivity index (χ4n) is 3.87. The molecule has 5 aromatic rings. The van der Waals surface area contributed by atoms with Crippen LogP contribution in [-0.4, -0.2) is 47.2 Å². The lowest BCUT2D eigenvalue weighted by atomic mass is 10.0. The van der Waals surface area contributed by atoms with Crippen molar-refractivity contribution in [2.24, 2.45) is 0 Å². The Morgan fingerprint density at radius 1 is 0.971 bits per heavy atom. The number of hydrogen-bond donors (Lipinski definition) is 0. The summed E-state index contributed by atoms with van der Waals surface area (Å²) in [6.45, 7) is 6.44. The first kappa shape index (κ1) is 21.5. The second kappa shape index (κ2) is 8.55. The van der Waals surface area contributed by atoms with Gasteiger partial charge in [0.25, 0.3) is 11.7 Å². The van der Waals surface area contributed by atoms with Crippen molar-refractivity contribution in [1.82, 2.24) is 34.3 Å². The third-order valence-corrected chi connectivity index (χ3v) is 5.97. The Morgan fingerprint density at radius 2 is 1.76 bits per heavy atom. The van der Waals surface area contributed by atoms with Crippen LogP contribution in [0.4, 0.5) is 0 Å². The van der Waals surface area contributed by atoms with Gasteiger partial charge in [0.2, 0.25) is 5.82 Å². The van der Waals surface area contributed by atoms with Gasteiger partial charge in [-0.2, -0.15) is 10.1 Å². The number of carbonyl (C=O) groups is 1. The molecule has 3 heterocycles. The number of rotatable bonds is 5. The highest BCUT2D eigenvalue weighted by molar-refractivity contribution is 5.90. The molecule has 0 atom stereocenters. The third-order valence-electron chi connectivity index (χ3n) is 5.97. The van der Waals surface area contributed by atoms with Crippen LogP contribution in [0.25, 0.3) is 22.7 Å². The molecule has 0 radical (unpaired) electrons. The molecule has 2 aromatic carbocycles. The highest BCUT2D eigenvalue weighted by Gasteiger charge is 2.22. The van der Waals surface area contributed by atoms with Crippen LogP contribution >= 0.6 is 0 Å². The van der Waals surface area contributed by atoms with Gasteiger partial charge in [-0.15, -0.1) is 5.10 Å². The number of hydrogen-bond acceptors (Lipinski definition) is 5. The summed E-state index contributed by atoms with van der Waals surface area (Å²) in [5.41, 5.74) is 7.02. The molecule has 0 aliphatic heterocycles. The molecular formula is C26H25N7O. The fraction of sp³-hybridized carbons (Fsp3) is 0.192. The lowest BCUT2D eigenvalue weighted by molar-refractivity contribution is 0.0773. The zero-order valence-electron chi connectivity index (χ0n) is 19.6. The number of benzene rings is 2. The zero-order valence-corrected chi connectivity index (χ0v) is 19.6. The van der Waals surface area contributed by atoms with E-state index >= 15 is 0 Å². The standard InChI is InChI=1S/C26H25N7O/c1-17-10-11-20(14-18(17)2)23-21(16-32(29-23)22-8-6-5-7-9-22)15-31(4)25(34)24-28-26-27-13-12-19(3)33(26)30-24/h5-14,16H,15H2,1-4H3. The summed E-state index contributed by atoms with van der Waals surface area (Å²) in [6.07, 6.45) is 3.64. The van der Waals surface area contributed by atoms with Crippen molar-refractivity contribution >= 4 is 11.7 Å². The van der Waals surface area contributed by atoms with Crippen molar-refractivity contribution in [3.8, 4) is 16.9 Å². The first-order valence-electron chi connectivity index (χ1n) is 11.1. The third kappa shape index (κ3) is 3.94. The minimum atomic E-state index is -0.275. The molecule has 34 heavy (non-hydrogen) atoms. The second-order valence-corrected chi connectivity index (χ2v) is 8.48. The summed E-state index contributed by atoms with van der Waals surface area (Å²) in [7, 11) is 1.75. The van der Waals surface area contributed by atoms with E-state index in [4.69, 9.17) is 5.10 Å². The predicted octanol–water partition coefficient (Wildman–Crippen LogP) is 4.17. The molecule has 0 saturated heterocycles. The largest absolute Gasteiger partial charge is 0.334 e. The number of fused-ring (bicyclic) bond motifs is 1. The topological polar surface area (TPSA) is 81.2 Å². The summed E-state index contributed by atoms with van der Waals surface area (Å²) in [5, 5.41) is 9.25. The fourth-order valence-corrected chi connectivity index (χ4v) is 3.87. The second-order valence-electron chi connectivity index (χ2n) is 8.48. The van der Waals surface area contributed by atoms with E-state index in [0.717, 1.165) is 28.2 Å². The van der Waals surface area contributed by atoms with Crippen molar-refractivity contribution in [3.63, 3.8) is 0 Å². The van der Waals surface area contributed by atoms with Crippen LogP contribution in [0.3, 0.4) is 0 Å². The Bertz CT molecular complexity index is 1500. The van der Waals surface area contributed by atoms with Crippen molar-refractivity contribution in [2.45, 2.75) is 27.3 Å². The lowest BCUT2D eigenvalue weighted by Crippen LogP contribution is -2.27. The number of amides is 1.